The second-order valence-corrected chi connectivity index (χ2v) is 6.10. The molecule has 2 aliphatic rings. The van der Waals surface area contributed by atoms with E-state index >= 15 is 0 Å². The third-order valence-corrected chi connectivity index (χ3v) is 4.29. The Morgan fingerprint density at radius 1 is 0.870 bits per heavy atom. The maximum Gasteiger partial charge on any atom is 0.322 e. The number of rotatable bonds is 5. The van der Waals surface area contributed by atoms with Crippen molar-refractivity contribution in [1.29, 1.82) is 0 Å². The van der Waals surface area contributed by atoms with Crippen LogP contribution in [0.4, 0.5) is 17.8 Å². The van der Waals surface area contributed by atoms with Crippen molar-refractivity contribution in [3.05, 3.63) is 0 Å². The lowest BCUT2D eigenvalue weighted by atomic mass is 10.1. The summed E-state index contributed by atoms with van der Waals surface area (Å²) in [5, 5.41) is 11.6. The molecule has 2 N–H and O–H groups in total. The second-order valence-electron chi connectivity index (χ2n) is 6.10. The number of piperidine rings is 2. The lowest BCUT2D eigenvalue weighted by molar-refractivity contribution is -0.134. The standard InChI is InChI=1S/C15H24N6O2/c22-12(23)11-16-13-17-14(20-7-3-1-4-8-20)19-15(18-13)21-9-5-2-6-10-21/h1-11H2,(H,22,23)(H,16,17,18,19). The molecule has 1 aromatic heterocycles. The van der Waals surface area contributed by atoms with Crippen LogP contribution >= 0.6 is 0 Å². The first-order valence-corrected chi connectivity index (χ1v) is 8.44. The molecule has 0 bridgehead atoms. The summed E-state index contributed by atoms with van der Waals surface area (Å²) in [5.74, 6) is 0.745. The molecule has 2 saturated heterocycles. The molecule has 0 aliphatic carbocycles. The second kappa shape index (κ2) is 7.43. The minimum absolute atomic E-state index is 0.192. The first kappa shape index (κ1) is 15.8. The first-order chi connectivity index (χ1) is 11.2. The van der Waals surface area contributed by atoms with Crippen LogP contribution in [0.15, 0.2) is 0 Å². The number of carboxylic acids is 1. The molecule has 3 heterocycles. The van der Waals surface area contributed by atoms with Gasteiger partial charge in [0, 0.05) is 26.2 Å². The summed E-state index contributed by atoms with van der Waals surface area (Å²) >= 11 is 0. The van der Waals surface area contributed by atoms with Gasteiger partial charge in [0.05, 0.1) is 0 Å². The minimum Gasteiger partial charge on any atom is -0.480 e. The molecule has 0 aromatic carbocycles. The molecular formula is C15H24N6O2. The Hall–Kier alpha value is -2.12. The van der Waals surface area contributed by atoms with Crippen LogP contribution in [-0.2, 0) is 4.79 Å². The lowest BCUT2D eigenvalue weighted by Crippen LogP contribution is -2.34. The largest absolute Gasteiger partial charge is 0.480 e. The van der Waals surface area contributed by atoms with Crippen LogP contribution in [0, 0.1) is 0 Å². The fraction of sp³-hybridized carbons (Fsp3) is 0.733. The Morgan fingerprint density at radius 2 is 1.35 bits per heavy atom. The Morgan fingerprint density at radius 3 is 1.78 bits per heavy atom. The monoisotopic (exact) mass is 320 g/mol. The van der Waals surface area contributed by atoms with E-state index in [4.69, 9.17) is 5.11 Å². The van der Waals surface area contributed by atoms with Crippen LogP contribution in [0.1, 0.15) is 38.5 Å². The fourth-order valence-corrected chi connectivity index (χ4v) is 3.06. The van der Waals surface area contributed by atoms with Gasteiger partial charge >= 0.3 is 5.97 Å². The topological polar surface area (TPSA) is 94.5 Å². The molecule has 3 rings (SSSR count). The van der Waals surface area contributed by atoms with Gasteiger partial charge in [-0.25, -0.2) is 0 Å². The van der Waals surface area contributed by atoms with Crippen molar-refractivity contribution >= 4 is 23.8 Å². The zero-order chi connectivity index (χ0) is 16.1. The number of nitrogens with zero attached hydrogens (tertiary/aromatic N) is 5. The van der Waals surface area contributed by atoms with E-state index in [0.29, 0.717) is 17.8 Å². The molecule has 2 aliphatic heterocycles. The van der Waals surface area contributed by atoms with Crippen molar-refractivity contribution in [2.24, 2.45) is 0 Å². The molecule has 126 valence electrons. The van der Waals surface area contributed by atoms with Gasteiger partial charge in [-0.2, -0.15) is 15.0 Å². The number of hydrogen-bond donors (Lipinski definition) is 2. The average Bonchev–Trinajstić information content (AvgIpc) is 2.61. The van der Waals surface area contributed by atoms with Crippen molar-refractivity contribution in [2.75, 3.05) is 47.8 Å². The number of carbonyl (C=O) groups is 1. The Labute approximate surface area is 135 Å². The molecule has 0 amide bonds. The van der Waals surface area contributed by atoms with E-state index in [-0.39, 0.29) is 6.54 Å². The third kappa shape index (κ3) is 4.20. The molecule has 0 unspecified atom stereocenters. The summed E-state index contributed by atoms with van der Waals surface area (Å²) in [6.07, 6.45) is 7.05. The van der Waals surface area contributed by atoms with Crippen LogP contribution in [0.2, 0.25) is 0 Å². The normalized spacial score (nSPS) is 18.8. The molecular weight excluding hydrogens is 296 g/mol. The molecule has 2 fully saturated rings. The van der Waals surface area contributed by atoms with Gasteiger partial charge < -0.3 is 20.2 Å². The Balaban J connectivity index is 1.83. The molecule has 23 heavy (non-hydrogen) atoms. The zero-order valence-corrected chi connectivity index (χ0v) is 13.4. The van der Waals surface area contributed by atoms with Gasteiger partial charge in [-0.05, 0) is 38.5 Å². The van der Waals surface area contributed by atoms with Gasteiger partial charge in [-0.3, -0.25) is 4.79 Å². The number of carboxylic acid groups (broad SMARTS) is 1. The summed E-state index contributed by atoms with van der Waals surface area (Å²) in [6, 6.07) is 0. The average molecular weight is 320 g/mol. The van der Waals surface area contributed by atoms with Crippen molar-refractivity contribution < 1.29 is 9.90 Å². The van der Waals surface area contributed by atoms with E-state index in [0.717, 1.165) is 51.9 Å². The molecule has 8 nitrogen and oxygen atoms in total. The highest BCUT2D eigenvalue weighted by molar-refractivity contribution is 5.72. The predicted molar refractivity (Wildman–Crippen MR) is 88.1 cm³/mol. The third-order valence-electron chi connectivity index (χ3n) is 4.29. The summed E-state index contributed by atoms with van der Waals surface area (Å²) in [7, 11) is 0. The summed E-state index contributed by atoms with van der Waals surface area (Å²) in [5.41, 5.74) is 0. The van der Waals surface area contributed by atoms with E-state index in [9.17, 15) is 4.79 Å². The number of anilines is 3. The summed E-state index contributed by atoms with van der Waals surface area (Å²) in [4.78, 5) is 28.6. The van der Waals surface area contributed by atoms with E-state index in [2.05, 4.69) is 30.1 Å². The van der Waals surface area contributed by atoms with Crippen molar-refractivity contribution in [3.63, 3.8) is 0 Å². The number of hydrogen-bond acceptors (Lipinski definition) is 7. The lowest BCUT2D eigenvalue weighted by Gasteiger charge is -2.30. The highest BCUT2D eigenvalue weighted by Crippen LogP contribution is 2.22. The molecule has 1 aromatic rings. The number of aromatic nitrogens is 3. The van der Waals surface area contributed by atoms with E-state index < -0.39 is 5.97 Å². The van der Waals surface area contributed by atoms with Crippen molar-refractivity contribution in [1.82, 2.24) is 15.0 Å². The van der Waals surface area contributed by atoms with Gasteiger partial charge in [0.25, 0.3) is 0 Å². The van der Waals surface area contributed by atoms with E-state index in [1.165, 1.54) is 12.8 Å². The quantitative estimate of drug-likeness (QED) is 0.839. The van der Waals surface area contributed by atoms with Gasteiger partial charge in [0.15, 0.2) is 0 Å². The SMILES string of the molecule is O=C(O)CNc1nc(N2CCCCC2)nc(N2CCCCC2)n1. The Bertz CT molecular complexity index is 505. The van der Waals surface area contributed by atoms with Crippen LogP contribution in [0.25, 0.3) is 0 Å². The van der Waals surface area contributed by atoms with Gasteiger partial charge in [0.1, 0.15) is 6.54 Å². The molecule has 8 heteroatoms. The van der Waals surface area contributed by atoms with E-state index in [1.54, 1.807) is 0 Å². The minimum atomic E-state index is -0.926. The van der Waals surface area contributed by atoms with Gasteiger partial charge in [-0.1, -0.05) is 0 Å². The maximum absolute atomic E-state index is 10.8. The van der Waals surface area contributed by atoms with Crippen LogP contribution in [0.5, 0.6) is 0 Å². The summed E-state index contributed by atoms with van der Waals surface area (Å²) in [6.45, 7) is 3.59. The van der Waals surface area contributed by atoms with Crippen LogP contribution in [0.3, 0.4) is 0 Å². The van der Waals surface area contributed by atoms with Gasteiger partial charge in [-0.15, -0.1) is 0 Å². The smallest absolute Gasteiger partial charge is 0.322 e. The van der Waals surface area contributed by atoms with Crippen molar-refractivity contribution in [2.45, 2.75) is 38.5 Å². The van der Waals surface area contributed by atoms with Crippen molar-refractivity contribution in [3.8, 4) is 0 Å². The zero-order valence-electron chi connectivity index (χ0n) is 13.4. The van der Waals surface area contributed by atoms with Gasteiger partial charge in [0.2, 0.25) is 17.8 Å². The summed E-state index contributed by atoms with van der Waals surface area (Å²) < 4.78 is 0. The maximum atomic E-state index is 10.8. The number of nitrogens with one attached hydrogen (secondary N) is 1. The highest BCUT2D eigenvalue weighted by atomic mass is 16.4. The number of aliphatic carboxylic acids is 1. The molecule has 0 saturated carbocycles. The fourth-order valence-electron chi connectivity index (χ4n) is 3.06. The molecule has 0 spiro atoms. The highest BCUT2D eigenvalue weighted by Gasteiger charge is 2.20. The van der Waals surface area contributed by atoms with E-state index in [1.807, 2.05) is 0 Å². The Kier molecular flexibility index (Phi) is 5.09. The van der Waals surface area contributed by atoms with Crippen LogP contribution < -0.4 is 15.1 Å². The molecule has 0 atom stereocenters. The molecule has 0 radical (unpaired) electrons. The predicted octanol–water partition coefficient (Wildman–Crippen LogP) is 1.35. The first-order valence-electron chi connectivity index (χ1n) is 8.44. The van der Waals surface area contributed by atoms with Crippen LogP contribution in [-0.4, -0.2) is 58.8 Å².